The van der Waals surface area contributed by atoms with Crippen molar-refractivity contribution < 1.29 is 13.2 Å². The van der Waals surface area contributed by atoms with Gasteiger partial charge in [-0.05, 0) is 42.3 Å². The Hall–Kier alpha value is -2.45. The maximum atomic E-state index is 12.9. The number of fused-ring (bicyclic) bond motifs is 1. The molecule has 1 fully saturated rings. The van der Waals surface area contributed by atoms with Crippen LogP contribution in [0.2, 0.25) is 0 Å². The summed E-state index contributed by atoms with van der Waals surface area (Å²) in [5, 5.41) is 0.987. The Labute approximate surface area is 181 Å². The summed E-state index contributed by atoms with van der Waals surface area (Å²) in [7, 11) is -3.33. The van der Waals surface area contributed by atoms with Gasteiger partial charge in [-0.2, -0.15) is 0 Å². The molecule has 0 aliphatic carbocycles. The molecule has 158 valence electrons. The molecule has 3 aromatic rings. The molecule has 1 aliphatic rings. The molecule has 0 atom stereocenters. The number of hydrogen-bond donors (Lipinski definition) is 0. The van der Waals surface area contributed by atoms with E-state index in [1.165, 1.54) is 16.3 Å². The van der Waals surface area contributed by atoms with Crippen LogP contribution in [0.3, 0.4) is 0 Å². The second kappa shape index (κ2) is 8.35. The first-order valence-corrected chi connectivity index (χ1v) is 12.6. The van der Waals surface area contributed by atoms with E-state index in [1.807, 2.05) is 0 Å². The highest BCUT2D eigenvalue weighted by Crippen LogP contribution is 2.30. The number of aryl methyl sites for hydroxylation is 1. The summed E-state index contributed by atoms with van der Waals surface area (Å²) in [5.41, 5.74) is 2.74. The summed E-state index contributed by atoms with van der Waals surface area (Å²) in [6.45, 7) is 6.33. The van der Waals surface area contributed by atoms with Crippen LogP contribution in [0.4, 0.5) is 5.13 Å². The number of benzene rings is 2. The van der Waals surface area contributed by atoms with Gasteiger partial charge in [-0.15, -0.1) is 0 Å². The number of carbonyl (C=O) groups excluding carboxylic acids is 1. The number of nitrogens with zero attached hydrogens (tertiary/aromatic N) is 3. The van der Waals surface area contributed by atoms with Gasteiger partial charge in [0.25, 0.3) is 5.91 Å². The molecule has 6 nitrogen and oxygen atoms in total. The fourth-order valence-corrected chi connectivity index (χ4v) is 5.59. The summed E-state index contributed by atoms with van der Waals surface area (Å²) >= 11 is 1.69. The Morgan fingerprint density at radius 1 is 1.07 bits per heavy atom. The Morgan fingerprint density at radius 3 is 2.53 bits per heavy atom. The average Bonchev–Trinajstić information content (AvgIpc) is 3.22. The van der Waals surface area contributed by atoms with Crippen molar-refractivity contribution in [3.8, 4) is 0 Å². The Morgan fingerprint density at radius 2 is 1.83 bits per heavy atom. The largest absolute Gasteiger partial charge is 0.345 e. The molecule has 2 aromatic carbocycles. The minimum absolute atomic E-state index is 0.0191. The number of amides is 1. The zero-order valence-electron chi connectivity index (χ0n) is 17.2. The number of thiazole rings is 1. The third kappa shape index (κ3) is 4.06. The maximum absolute atomic E-state index is 12.9. The van der Waals surface area contributed by atoms with Crippen LogP contribution >= 0.6 is 11.3 Å². The lowest BCUT2D eigenvalue weighted by atomic mass is 10.2. The lowest BCUT2D eigenvalue weighted by Gasteiger charge is -2.34. The molecule has 1 saturated heterocycles. The smallest absolute Gasteiger partial charge is 0.254 e. The number of carbonyl (C=O) groups is 1. The SMILES string of the molecule is CCc1ccc2nc(N3CCN(C(=O)c4cccc(S(=O)(=O)CC)c4)CC3)sc2c1. The second-order valence-electron chi connectivity index (χ2n) is 7.36. The summed E-state index contributed by atoms with van der Waals surface area (Å²) in [6.07, 6.45) is 1.00. The molecule has 0 bridgehead atoms. The van der Waals surface area contributed by atoms with Gasteiger partial charge in [0.15, 0.2) is 15.0 Å². The van der Waals surface area contributed by atoms with E-state index in [4.69, 9.17) is 4.98 Å². The predicted octanol–water partition coefficient (Wildman–Crippen LogP) is 3.61. The number of anilines is 1. The highest BCUT2D eigenvalue weighted by Gasteiger charge is 2.25. The van der Waals surface area contributed by atoms with E-state index >= 15 is 0 Å². The van der Waals surface area contributed by atoms with E-state index in [1.54, 1.807) is 41.4 Å². The van der Waals surface area contributed by atoms with Crippen molar-refractivity contribution >= 4 is 42.4 Å². The van der Waals surface area contributed by atoms with E-state index in [0.29, 0.717) is 31.7 Å². The van der Waals surface area contributed by atoms with Gasteiger partial charge < -0.3 is 9.80 Å². The van der Waals surface area contributed by atoms with Crippen LogP contribution in [0.25, 0.3) is 10.2 Å². The highest BCUT2D eigenvalue weighted by molar-refractivity contribution is 7.91. The third-order valence-corrected chi connectivity index (χ3v) is 8.32. The minimum Gasteiger partial charge on any atom is -0.345 e. The number of rotatable bonds is 5. The van der Waals surface area contributed by atoms with Crippen LogP contribution < -0.4 is 4.90 Å². The average molecular weight is 444 g/mol. The molecule has 0 saturated carbocycles. The lowest BCUT2D eigenvalue weighted by Crippen LogP contribution is -2.48. The number of aromatic nitrogens is 1. The van der Waals surface area contributed by atoms with E-state index < -0.39 is 9.84 Å². The molecule has 30 heavy (non-hydrogen) atoms. The van der Waals surface area contributed by atoms with Crippen molar-refractivity contribution in [1.82, 2.24) is 9.88 Å². The number of sulfone groups is 1. The van der Waals surface area contributed by atoms with Gasteiger partial charge >= 0.3 is 0 Å². The minimum atomic E-state index is -3.33. The quantitative estimate of drug-likeness (QED) is 0.602. The standard InChI is InChI=1S/C22H25N3O3S2/c1-3-16-8-9-19-20(14-16)29-22(23-19)25-12-10-24(11-13-25)21(26)17-6-5-7-18(15-17)30(27,28)4-2/h5-9,14-15H,3-4,10-13H2,1-2H3. The molecule has 8 heteroatoms. The first kappa shape index (κ1) is 20.8. The fraction of sp³-hybridized carbons (Fsp3) is 0.364. The van der Waals surface area contributed by atoms with E-state index in [9.17, 15) is 13.2 Å². The number of piperazine rings is 1. The summed E-state index contributed by atoms with van der Waals surface area (Å²) in [5.74, 6) is -0.106. The number of hydrogen-bond acceptors (Lipinski definition) is 6. The molecule has 1 aliphatic heterocycles. The van der Waals surface area contributed by atoms with Gasteiger partial charge in [-0.1, -0.05) is 37.3 Å². The van der Waals surface area contributed by atoms with Crippen LogP contribution in [0.5, 0.6) is 0 Å². The predicted molar refractivity (Wildman–Crippen MR) is 121 cm³/mol. The Balaban J connectivity index is 1.46. The van der Waals surface area contributed by atoms with E-state index in [-0.39, 0.29) is 16.6 Å². The summed E-state index contributed by atoms with van der Waals surface area (Å²) in [4.78, 5) is 21.9. The molecule has 1 amide bonds. The monoisotopic (exact) mass is 443 g/mol. The van der Waals surface area contributed by atoms with Crippen molar-refractivity contribution in [2.75, 3.05) is 36.8 Å². The van der Waals surface area contributed by atoms with Gasteiger partial charge in [-0.3, -0.25) is 4.79 Å². The van der Waals surface area contributed by atoms with Crippen molar-refractivity contribution in [3.05, 3.63) is 53.6 Å². The molecule has 4 rings (SSSR count). The van der Waals surface area contributed by atoms with Crippen LogP contribution in [0, 0.1) is 0 Å². The molecule has 0 spiro atoms. The fourth-order valence-electron chi connectivity index (χ4n) is 3.58. The van der Waals surface area contributed by atoms with Gasteiger partial charge in [0.05, 0.1) is 20.9 Å². The van der Waals surface area contributed by atoms with Crippen molar-refractivity contribution in [2.45, 2.75) is 25.2 Å². The zero-order chi connectivity index (χ0) is 21.3. The van der Waals surface area contributed by atoms with Crippen LogP contribution in [-0.2, 0) is 16.3 Å². The first-order valence-electron chi connectivity index (χ1n) is 10.2. The van der Waals surface area contributed by atoms with Crippen molar-refractivity contribution in [2.24, 2.45) is 0 Å². The van der Waals surface area contributed by atoms with Gasteiger partial charge in [0, 0.05) is 31.7 Å². The van der Waals surface area contributed by atoms with Crippen molar-refractivity contribution in [1.29, 1.82) is 0 Å². The van der Waals surface area contributed by atoms with E-state index in [2.05, 4.69) is 30.0 Å². The van der Waals surface area contributed by atoms with Gasteiger partial charge in [-0.25, -0.2) is 13.4 Å². The summed E-state index contributed by atoms with van der Waals surface area (Å²) in [6, 6.07) is 12.8. The lowest BCUT2D eigenvalue weighted by molar-refractivity contribution is 0.0746. The molecular weight excluding hydrogens is 418 g/mol. The zero-order valence-corrected chi connectivity index (χ0v) is 18.8. The molecule has 1 aromatic heterocycles. The van der Waals surface area contributed by atoms with E-state index in [0.717, 1.165) is 17.1 Å². The molecule has 0 N–H and O–H groups in total. The molecular formula is C22H25N3O3S2. The topological polar surface area (TPSA) is 70.6 Å². The highest BCUT2D eigenvalue weighted by atomic mass is 32.2. The molecule has 0 unspecified atom stereocenters. The maximum Gasteiger partial charge on any atom is 0.254 e. The Kier molecular flexibility index (Phi) is 5.79. The Bertz CT molecular complexity index is 1180. The van der Waals surface area contributed by atoms with Crippen LogP contribution in [-0.4, -0.2) is 56.1 Å². The molecule has 0 radical (unpaired) electrons. The van der Waals surface area contributed by atoms with Gasteiger partial charge in [0.2, 0.25) is 0 Å². The first-order chi connectivity index (χ1) is 14.4. The third-order valence-electron chi connectivity index (χ3n) is 5.51. The second-order valence-corrected chi connectivity index (χ2v) is 10.6. The normalized spacial score (nSPS) is 15.0. The van der Waals surface area contributed by atoms with Crippen LogP contribution in [0.1, 0.15) is 29.8 Å². The summed E-state index contributed by atoms with van der Waals surface area (Å²) < 4.78 is 25.4. The molecule has 2 heterocycles. The van der Waals surface area contributed by atoms with Crippen LogP contribution in [0.15, 0.2) is 47.4 Å². The van der Waals surface area contributed by atoms with Crippen molar-refractivity contribution in [3.63, 3.8) is 0 Å². The van der Waals surface area contributed by atoms with Gasteiger partial charge in [0.1, 0.15) is 0 Å².